The fourth-order valence-electron chi connectivity index (χ4n) is 3.29. The summed E-state index contributed by atoms with van der Waals surface area (Å²) in [5.41, 5.74) is 5.07. The van der Waals surface area contributed by atoms with E-state index in [1.165, 1.54) is 12.8 Å². The molecule has 2 aromatic heterocycles. The van der Waals surface area contributed by atoms with Gasteiger partial charge in [0.2, 0.25) is 0 Å². The Morgan fingerprint density at radius 1 is 1.37 bits per heavy atom. The van der Waals surface area contributed by atoms with E-state index in [2.05, 4.69) is 31.3 Å². The van der Waals surface area contributed by atoms with Crippen molar-refractivity contribution >= 4 is 33.0 Å². The van der Waals surface area contributed by atoms with E-state index in [0.29, 0.717) is 29.1 Å². The number of ketones is 1. The number of benzene rings is 1. The third-order valence-electron chi connectivity index (χ3n) is 4.86. The maximum absolute atomic E-state index is 12.5. The highest BCUT2D eigenvalue weighted by atomic mass is 79.9. The van der Waals surface area contributed by atoms with Crippen molar-refractivity contribution in [3.63, 3.8) is 0 Å². The van der Waals surface area contributed by atoms with Crippen LogP contribution >= 0.6 is 15.9 Å². The highest BCUT2D eigenvalue weighted by molar-refractivity contribution is 9.10. The molecular formula is C20H21BrN4O2. The molecule has 0 unspecified atom stereocenters. The van der Waals surface area contributed by atoms with E-state index in [1.807, 2.05) is 31.2 Å². The SMILES string of the molecule is Cc1cc(-c2cnc3c(NCCO)cc(Br)nn23)ccc1C(=O)CC1CC1. The van der Waals surface area contributed by atoms with Gasteiger partial charge in [0.15, 0.2) is 11.4 Å². The number of nitrogens with zero attached hydrogens (tertiary/aromatic N) is 3. The molecule has 0 amide bonds. The molecule has 3 aromatic rings. The average molecular weight is 429 g/mol. The van der Waals surface area contributed by atoms with Crippen molar-refractivity contribution in [1.82, 2.24) is 14.6 Å². The summed E-state index contributed by atoms with van der Waals surface area (Å²) in [6.07, 6.45) is 4.79. The van der Waals surface area contributed by atoms with Crippen molar-refractivity contribution in [1.29, 1.82) is 0 Å². The minimum atomic E-state index is 0.0369. The standard InChI is InChI=1S/C20H21BrN4O2/c1-12-8-14(4-5-15(12)18(27)9-13-2-3-13)17-11-23-20-16(22-6-7-26)10-19(21)24-25(17)20/h4-5,8,10-11,13,22,26H,2-3,6-7,9H2,1H3. The molecule has 1 aliphatic rings. The lowest BCUT2D eigenvalue weighted by Gasteiger charge is -2.09. The van der Waals surface area contributed by atoms with Crippen molar-refractivity contribution in [3.05, 3.63) is 46.2 Å². The van der Waals surface area contributed by atoms with Gasteiger partial charge < -0.3 is 10.4 Å². The summed E-state index contributed by atoms with van der Waals surface area (Å²) in [4.78, 5) is 16.9. The number of fused-ring (bicyclic) bond motifs is 1. The minimum absolute atomic E-state index is 0.0369. The van der Waals surface area contributed by atoms with Crippen molar-refractivity contribution in [2.75, 3.05) is 18.5 Å². The average Bonchev–Trinajstić information content (AvgIpc) is 3.35. The fourth-order valence-corrected chi connectivity index (χ4v) is 3.67. The summed E-state index contributed by atoms with van der Waals surface area (Å²) in [6.45, 7) is 2.45. The maximum Gasteiger partial charge on any atom is 0.177 e. The Hall–Kier alpha value is -2.25. The van der Waals surface area contributed by atoms with E-state index >= 15 is 0 Å². The molecule has 0 radical (unpaired) electrons. The molecule has 140 valence electrons. The third-order valence-corrected chi connectivity index (χ3v) is 5.25. The number of Topliss-reactive ketones (excluding diaryl/α,β-unsaturated/α-hetero) is 1. The lowest BCUT2D eigenvalue weighted by atomic mass is 9.98. The molecule has 2 heterocycles. The first-order chi connectivity index (χ1) is 13.1. The van der Waals surface area contributed by atoms with E-state index in [-0.39, 0.29) is 12.4 Å². The summed E-state index contributed by atoms with van der Waals surface area (Å²) in [5, 5.41) is 16.7. The number of aliphatic hydroxyl groups is 1. The number of imidazole rings is 1. The quantitative estimate of drug-likeness (QED) is 0.558. The molecule has 0 atom stereocenters. The summed E-state index contributed by atoms with van der Waals surface area (Å²) in [7, 11) is 0. The Labute approximate surface area is 165 Å². The molecule has 1 saturated carbocycles. The number of hydrogen-bond donors (Lipinski definition) is 2. The van der Waals surface area contributed by atoms with Gasteiger partial charge in [0.25, 0.3) is 0 Å². The van der Waals surface area contributed by atoms with Crippen LogP contribution in [0.2, 0.25) is 0 Å². The maximum atomic E-state index is 12.5. The number of anilines is 1. The van der Waals surface area contributed by atoms with Crippen molar-refractivity contribution in [3.8, 4) is 11.3 Å². The van der Waals surface area contributed by atoms with Gasteiger partial charge in [-0.1, -0.05) is 12.1 Å². The molecule has 7 heteroatoms. The first-order valence-electron chi connectivity index (χ1n) is 9.10. The van der Waals surface area contributed by atoms with Crippen LogP contribution in [0, 0.1) is 12.8 Å². The van der Waals surface area contributed by atoms with Crippen LogP contribution in [-0.4, -0.2) is 38.6 Å². The number of hydrogen-bond acceptors (Lipinski definition) is 5. The summed E-state index contributed by atoms with van der Waals surface area (Å²) in [5.74, 6) is 0.817. The van der Waals surface area contributed by atoms with Crippen LogP contribution in [-0.2, 0) is 0 Å². The zero-order valence-corrected chi connectivity index (χ0v) is 16.7. The number of aliphatic hydroxyl groups excluding tert-OH is 1. The Morgan fingerprint density at radius 3 is 2.89 bits per heavy atom. The lowest BCUT2D eigenvalue weighted by molar-refractivity contribution is 0.0975. The van der Waals surface area contributed by atoms with Crippen LogP contribution in [0.25, 0.3) is 16.9 Å². The molecule has 4 rings (SSSR count). The Bertz CT molecular complexity index is 1010. The summed E-state index contributed by atoms with van der Waals surface area (Å²) >= 11 is 3.43. The molecule has 0 spiro atoms. The van der Waals surface area contributed by atoms with Crippen LogP contribution in [0.5, 0.6) is 0 Å². The molecule has 2 N–H and O–H groups in total. The summed E-state index contributed by atoms with van der Waals surface area (Å²) < 4.78 is 2.44. The highest BCUT2D eigenvalue weighted by Gasteiger charge is 2.25. The Morgan fingerprint density at radius 2 is 2.19 bits per heavy atom. The molecule has 0 aliphatic heterocycles. The zero-order chi connectivity index (χ0) is 19.0. The van der Waals surface area contributed by atoms with Crippen LogP contribution in [0.4, 0.5) is 5.69 Å². The van der Waals surface area contributed by atoms with E-state index in [4.69, 9.17) is 5.11 Å². The number of rotatable bonds is 7. The highest BCUT2D eigenvalue weighted by Crippen LogP contribution is 2.34. The second-order valence-corrected chi connectivity index (χ2v) is 7.82. The van der Waals surface area contributed by atoms with Crippen molar-refractivity contribution in [2.45, 2.75) is 26.2 Å². The fraction of sp³-hybridized carbons (Fsp3) is 0.350. The van der Waals surface area contributed by atoms with Crippen LogP contribution in [0.1, 0.15) is 35.2 Å². The Balaban J connectivity index is 1.70. The predicted molar refractivity (Wildman–Crippen MR) is 108 cm³/mol. The molecule has 27 heavy (non-hydrogen) atoms. The van der Waals surface area contributed by atoms with E-state index < -0.39 is 0 Å². The summed E-state index contributed by atoms with van der Waals surface area (Å²) in [6, 6.07) is 7.73. The van der Waals surface area contributed by atoms with Crippen molar-refractivity contribution < 1.29 is 9.90 Å². The van der Waals surface area contributed by atoms with Gasteiger partial charge in [0.1, 0.15) is 4.60 Å². The minimum Gasteiger partial charge on any atom is -0.395 e. The number of aryl methyl sites for hydroxylation is 1. The molecule has 0 saturated heterocycles. The monoisotopic (exact) mass is 428 g/mol. The molecule has 0 bridgehead atoms. The number of nitrogens with one attached hydrogen (secondary N) is 1. The van der Waals surface area contributed by atoms with Crippen LogP contribution in [0.15, 0.2) is 35.1 Å². The number of halogens is 1. The first kappa shape index (κ1) is 18.1. The van der Waals surface area contributed by atoms with E-state index in [1.54, 1.807) is 10.7 Å². The molecular weight excluding hydrogens is 408 g/mol. The third kappa shape index (κ3) is 3.75. The second kappa shape index (κ2) is 7.40. The first-order valence-corrected chi connectivity index (χ1v) is 9.89. The van der Waals surface area contributed by atoms with Gasteiger partial charge >= 0.3 is 0 Å². The van der Waals surface area contributed by atoms with Gasteiger partial charge in [0, 0.05) is 24.1 Å². The molecule has 1 fully saturated rings. The van der Waals surface area contributed by atoms with Gasteiger partial charge in [-0.2, -0.15) is 5.10 Å². The van der Waals surface area contributed by atoms with Crippen LogP contribution < -0.4 is 5.32 Å². The Kier molecular flexibility index (Phi) is 4.97. The normalized spacial score (nSPS) is 13.9. The smallest absolute Gasteiger partial charge is 0.177 e. The molecule has 1 aliphatic carbocycles. The van der Waals surface area contributed by atoms with Gasteiger partial charge in [-0.3, -0.25) is 4.79 Å². The van der Waals surface area contributed by atoms with E-state index in [9.17, 15) is 4.79 Å². The number of carbonyl (C=O) groups is 1. The van der Waals surface area contributed by atoms with E-state index in [0.717, 1.165) is 28.1 Å². The predicted octanol–water partition coefficient (Wildman–Crippen LogP) is 3.85. The largest absolute Gasteiger partial charge is 0.395 e. The number of carbonyl (C=O) groups excluding carboxylic acids is 1. The molecule has 1 aromatic carbocycles. The van der Waals surface area contributed by atoms with Crippen LogP contribution in [0.3, 0.4) is 0 Å². The zero-order valence-electron chi connectivity index (χ0n) is 15.1. The topological polar surface area (TPSA) is 79.5 Å². The van der Waals surface area contributed by atoms with Crippen molar-refractivity contribution in [2.24, 2.45) is 5.92 Å². The van der Waals surface area contributed by atoms with Gasteiger partial charge in [-0.05, 0) is 59.3 Å². The molecule has 6 nitrogen and oxygen atoms in total. The lowest BCUT2D eigenvalue weighted by Crippen LogP contribution is -2.08. The van der Waals surface area contributed by atoms with Gasteiger partial charge in [0.05, 0.1) is 24.2 Å². The number of aromatic nitrogens is 3. The van der Waals surface area contributed by atoms with Gasteiger partial charge in [-0.25, -0.2) is 9.50 Å². The van der Waals surface area contributed by atoms with Gasteiger partial charge in [-0.15, -0.1) is 0 Å². The second-order valence-electron chi connectivity index (χ2n) is 7.01.